The Labute approximate surface area is 98.1 Å². The smallest absolute Gasteiger partial charge is 0.328 e. The van der Waals surface area contributed by atoms with Crippen LogP contribution in [0.1, 0.15) is 23.1 Å². The second kappa shape index (κ2) is 5.44. The van der Waals surface area contributed by atoms with Gasteiger partial charge in [0.25, 0.3) is 5.91 Å². The highest BCUT2D eigenvalue weighted by Gasteiger charge is 2.21. The molecular formula is C10H15N3O4. The van der Waals surface area contributed by atoms with E-state index in [1.165, 1.54) is 4.68 Å². The fraction of sp³-hybridized carbons (Fsp3) is 0.500. The van der Waals surface area contributed by atoms with Crippen LogP contribution < -0.4 is 5.32 Å². The van der Waals surface area contributed by atoms with Gasteiger partial charge in [-0.05, 0) is 12.5 Å². The molecule has 0 saturated carbocycles. The normalized spacial score (nSPS) is 12.2. The monoisotopic (exact) mass is 241 g/mol. The van der Waals surface area contributed by atoms with E-state index in [0.717, 1.165) is 5.69 Å². The maximum Gasteiger partial charge on any atom is 0.328 e. The summed E-state index contributed by atoms with van der Waals surface area (Å²) in [4.78, 5) is 22.4. The van der Waals surface area contributed by atoms with E-state index in [-0.39, 0.29) is 5.69 Å². The van der Waals surface area contributed by atoms with E-state index in [9.17, 15) is 9.59 Å². The maximum absolute atomic E-state index is 11.7. The molecule has 7 nitrogen and oxygen atoms in total. The van der Waals surface area contributed by atoms with E-state index in [4.69, 9.17) is 10.2 Å². The van der Waals surface area contributed by atoms with Crippen LogP contribution in [-0.4, -0.2) is 44.5 Å². The standard InChI is InChI=1S/C10H15N3O4/c1-3-6-4-8(13(2)12-6)9(15)11-7(5-14)10(16)17/h4,7,14H,3,5H2,1-2H3,(H,11,15)(H,16,17). The first-order valence-corrected chi connectivity index (χ1v) is 5.17. The molecule has 1 amide bonds. The summed E-state index contributed by atoms with van der Waals surface area (Å²) in [6.45, 7) is 1.25. The molecule has 1 rings (SSSR count). The van der Waals surface area contributed by atoms with Crippen LogP contribution in [0.5, 0.6) is 0 Å². The molecule has 0 bridgehead atoms. The Morgan fingerprint density at radius 2 is 2.24 bits per heavy atom. The number of hydrogen-bond donors (Lipinski definition) is 3. The highest BCUT2D eigenvalue weighted by Crippen LogP contribution is 2.04. The molecule has 0 saturated heterocycles. The highest BCUT2D eigenvalue weighted by atomic mass is 16.4. The largest absolute Gasteiger partial charge is 0.480 e. The van der Waals surface area contributed by atoms with Crippen molar-refractivity contribution >= 4 is 11.9 Å². The predicted octanol–water partition coefficient (Wildman–Crippen LogP) is -0.842. The zero-order chi connectivity index (χ0) is 13.0. The average molecular weight is 241 g/mol. The second-order valence-corrected chi connectivity index (χ2v) is 3.54. The van der Waals surface area contributed by atoms with Crippen molar-refractivity contribution in [3.63, 3.8) is 0 Å². The third-order valence-electron chi connectivity index (χ3n) is 2.31. The van der Waals surface area contributed by atoms with Gasteiger partial charge in [-0.2, -0.15) is 5.10 Å². The van der Waals surface area contributed by atoms with Crippen LogP contribution in [0.4, 0.5) is 0 Å². The molecule has 1 atom stereocenters. The molecule has 0 fully saturated rings. The molecule has 1 unspecified atom stereocenters. The van der Waals surface area contributed by atoms with Crippen molar-refractivity contribution < 1.29 is 19.8 Å². The van der Waals surface area contributed by atoms with Crippen molar-refractivity contribution in [2.45, 2.75) is 19.4 Å². The third kappa shape index (κ3) is 3.04. The minimum absolute atomic E-state index is 0.265. The zero-order valence-corrected chi connectivity index (χ0v) is 9.67. The fourth-order valence-corrected chi connectivity index (χ4v) is 1.33. The molecule has 94 valence electrons. The fourth-order valence-electron chi connectivity index (χ4n) is 1.33. The Morgan fingerprint density at radius 3 is 2.65 bits per heavy atom. The first-order chi connectivity index (χ1) is 7.99. The number of carbonyl (C=O) groups is 2. The number of carboxylic acids is 1. The highest BCUT2D eigenvalue weighted by molar-refractivity contribution is 5.95. The number of aliphatic hydroxyl groups excluding tert-OH is 1. The van der Waals surface area contributed by atoms with E-state index in [1.807, 2.05) is 6.92 Å². The van der Waals surface area contributed by atoms with Gasteiger partial charge < -0.3 is 15.5 Å². The summed E-state index contributed by atoms with van der Waals surface area (Å²) in [5, 5.41) is 23.8. The summed E-state index contributed by atoms with van der Waals surface area (Å²) in [5.41, 5.74) is 1.01. The number of aliphatic hydroxyl groups is 1. The van der Waals surface area contributed by atoms with Crippen LogP contribution in [0.25, 0.3) is 0 Å². The van der Waals surface area contributed by atoms with Gasteiger partial charge in [-0.3, -0.25) is 9.48 Å². The first kappa shape index (κ1) is 13.2. The van der Waals surface area contributed by atoms with Crippen molar-refractivity contribution in [2.24, 2.45) is 7.05 Å². The van der Waals surface area contributed by atoms with Crippen molar-refractivity contribution in [2.75, 3.05) is 6.61 Å². The number of amides is 1. The van der Waals surface area contributed by atoms with E-state index in [2.05, 4.69) is 10.4 Å². The quantitative estimate of drug-likeness (QED) is 0.623. The van der Waals surface area contributed by atoms with Crippen LogP contribution in [0.2, 0.25) is 0 Å². The number of nitrogens with zero attached hydrogens (tertiary/aromatic N) is 2. The van der Waals surface area contributed by atoms with Crippen molar-refractivity contribution in [3.8, 4) is 0 Å². The predicted molar refractivity (Wildman–Crippen MR) is 58.6 cm³/mol. The van der Waals surface area contributed by atoms with Gasteiger partial charge in [0.15, 0.2) is 6.04 Å². The van der Waals surface area contributed by atoms with Gasteiger partial charge >= 0.3 is 5.97 Å². The van der Waals surface area contributed by atoms with E-state index in [1.54, 1.807) is 13.1 Å². The molecule has 1 heterocycles. The lowest BCUT2D eigenvalue weighted by Crippen LogP contribution is -2.43. The molecule has 3 N–H and O–H groups in total. The Bertz CT molecular complexity index is 427. The molecule has 17 heavy (non-hydrogen) atoms. The SMILES string of the molecule is CCc1cc(C(=O)NC(CO)C(=O)O)n(C)n1. The number of carbonyl (C=O) groups excluding carboxylic acids is 1. The second-order valence-electron chi connectivity index (χ2n) is 3.54. The molecule has 0 aliphatic rings. The van der Waals surface area contributed by atoms with Crippen molar-refractivity contribution in [3.05, 3.63) is 17.5 Å². The summed E-state index contributed by atoms with van der Waals surface area (Å²) < 4.78 is 1.38. The number of aromatic nitrogens is 2. The molecule has 0 aliphatic carbocycles. The molecule has 0 aliphatic heterocycles. The van der Waals surface area contributed by atoms with Crippen LogP contribution >= 0.6 is 0 Å². The summed E-state index contributed by atoms with van der Waals surface area (Å²) in [6, 6.07) is 0.286. The first-order valence-electron chi connectivity index (χ1n) is 5.17. The Balaban J connectivity index is 2.82. The van der Waals surface area contributed by atoms with E-state index in [0.29, 0.717) is 6.42 Å². The number of nitrogens with one attached hydrogen (secondary N) is 1. The van der Waals surface area contributed by atoms with Crippen LogP contribution in [-0.2, 0) is 18.3 Å². The third-order valence-corrected chi connectivity index (χ3v) is 2.31. The van der Waals surface area contributed by atoms with Gasteiger partial charge in [0.05, 0.1) is 12.3 Å². The number of hydrogen-bond acceptors (Lipinski definition) is 4. The molecule has 0 radical (unpaired) electrons. The summed E-state index contributed by atoms with van der Waals surface area (Å²) in [6.07, 6.45) is 0.684. The molecule has 1 aromatic rings. The topological polar surface area (TPSA) is 104 Å². The van der Waals surface area contributed by atoms with Gasteiger partial charge in [-0.15, -0.1) is 0 Å². The van der Waals surface area contributed by atoms with Gasteiger partial charge in [-0.25, -0.2) is 4.79 Å². The molecule has 0 spiro atoms. The van der Waals surface area contributed by atoms with Gasteiger partial charge in [0.2, 0.25) is 0 Å². The Hall–Kier alpha value is -1.89. The zero-order valence-electron chi connectivity index (χ0n) is 9.67. The Morgan fingerprint density at radius 1 is 1.59 bits per heavy atom. The van der Waals surface area contributed by atoms with Crippen LogP contribution in [0, 0.1) is 0 Å². The van der Waals surface area contributed by atoms with E-state index < -0.39 is 24.5 Å². The maximum atomic E-state index is 11.7. The number of rotatable bonds is 5. The van der Waals surface area contributed by atoms with Crippen molar-refractivity contribution in [1.82, 2.24) is 15.1 Å². The van der Waals surface area contributed by atoms with Crippen molar-refractivity contribution in [1.29, 1.82) is 0 Å². The average Bonchev–Trinajstić information content (AvgIpc) is 2.66. The molecule has 0 aromatic carbocycles. The summed E-state index contributed by atoms with van der Waals surface area (Å²) >= 11 is 0. The van der Waals surface area contributed by atoms with Gasteiger partial charge in [-0.1, -0.05) is 6.92 Å². The van der Waals surface area contributed by atoms with Crippen LogP contribution in [0.3, 0.4) is 0 Å². The van der Waals surface area contributed by atoms with E-state index >= 15 is 0 Å². The number of aryl methyl sites for hydroxylation is 2. The Kier molecular flexibility index (Phi) is 4.22. The minimum atomic E-state index is -1.30. The van der Waals surface area contributed by atoms with Gasteiger partial charge in [0.1, 0.15) is 5.69 Å². The van der Waals surface area contributed by atoms with Gasteiger partial charge in [0, 0.05) is 7.05 Å². The lowest BCUT2D eigenvalue weighted by Gasteiger charge is -2.11. The lowest BCUT2D eigenvalue weighted by molar-refractivity contribution is -0.140. The number of aliphatic carboxylic acids is 1. The minimum Gasteiger partial charge on any atom is -0.480 e. The lowest BCUT2D eigenvalue weighted by atomic mass is 10.2. The molecule has 7 heteroatoms. The summed E-state index contributed by atoms with van der Waals surface area (Å²) in [5.74, 6) is -1.85. The molecular weight excluding hydrogens is 226 g/mol. The number of carboxylic acid groups (broad SMARTS) is 1. The summed E-state index contributed by atoms with van der Waals surface area (Å²) in [7, 11) is 1.60. The molecule has 1 aromatic heterocycles. The van der Waals surface area contributed by atoms with Crippen LogP contribution in [0.15, 0.2) is 6.07 Å².